The standard InChI is InChI=1S/C15H13N3O2S/c16-15-10-14(7-8-17-15)21(19,20)18-13-6-5-11-3-1-2-4-12(11)9-13/h1-10,18H,(H2,16,17). The Hall–Kier alpha value is -2.60. The molecule has 0 atom stereocenters. The first-order chi connectivity index (χ1) is 10.0. The predicted octanol–water partition coefficient (Wildman–Crippen LogP) is 2.62. The minimum atomic E-state index is -3.67. The average Bonchev–Trinajstić information content (AvgIpc) is 2.47. The molecule has 0 bridgehead atoms. The second-order valence-corrected chi connectivity index (χ2v) is 6.27. The number of anilines is 2. The van der Waals surface area contributed by atoms with Gasteiger partial charge in [-0.1, -0.05) is 30.3 Å². The number of aromatic nitrogens is 1. The Labute approximate surface area is 122 Å². The maximum absolute atomic E-state index is 12.3. The highest BCUT2D eigenvalue weighted by atomic mass is 32.2. The quantitative estimate of drug-likeness (QED) is 0.778. The Morgan fingerprint density at radius 2 is 1.71 bits per heavy atom. The van der Waals surface area contributed by atoms with Gasteiger partial charge in [-0.2, -0.15) is 0 Å². The minimum Gasteiger partial charge on any atom is -0.384 e. The van der Waals surface area contributed by atoms with Gasteiger partial charge in [0.1, 0.15) is 5.82 Å². The molecule has 1 heterocycles. The van der Waals surface area contributed by atoms with E-state index in [0.717, 1.165) is 10.8 Å². The van der Waals surface area contributed by atoms with E-state index >= 15 is 0 Å². The van der Waals surface area contributed by atoms with Gasteiger partial charge in [0.05, 0.1) is 4.90 Å². The van der Waals surface area contributed by atoms with Crippen molar-refractivity contribution in [3.05, 3.63) is 60.8 Å². The van der Waals surface area contributed by atoms with Crippen LogP contribution >= 0.6 is 0 Å². The first-order valence-electron chi connectivity index (χ1n) is 6.28. The van der Waals surface area contributed by atoms with E-state index < -0.39 is 10.0 Å². The Balaban J connectivity index is 1.97. The molecule has 3 rings (SSSR count). The lowest BCUT2D eigenvalue weighted by Crippen LogP contribution is -2.13. The number of hydrogen-bond acceptors (Lipinski definition) is 4. The Kier molecular flexibility index (Phi) is 3.23. The minimum absolute atomic E-state index is 0.0863. The molecule has 106 valence electrons. The summed E-state index contributed by atoms with van der Waals surface area (Å²) in [7, 11) is -3.67. The summed E-state index contributed by atoms with van der Waals surface area (Å²) in [6.07, 6.45) is 1.37. The normalized spacial score (nSPS) is 11.4. The monoisotopic (exact) mass is 299 g/mol. The van der Waals surface area contributed by atoms with Crippen molar-refractivity contribution in [1.29, 1.82) is 0 Å². The lowest BCUT2D eigenvalue weighted by molar-refractivity contribution is 0.601. The second kappa shape index (κ2) is 5.06. The summed E-state index contributed by atoms with van der Waals surface area (Å²) < 4.78 is 27.1. The van der Waals surface area contributed by atoms with Crippen LogP contribution in [-0.2, 0) is 10.0 Å². The summed E-state index contributed by atoms with van der Waals surface area (Å²) in [6.45, 7) is 0. The van der Waals surface area contributed by atoms with Crippen LogP contribution in [-0.4, -0.2) is 13.4 Å². The molecule has 0 spiro atoms. The molecule has 6 heteroatoms. The van der Waals surface area contributed by atoms with Gasteiger partial charge in [0.2, 0.25) is 0 Å². The van der Waals surface area contributed by atoms with E-state index in [1.165, 1.54) is 18.3 Å². The maximum Gasteiger partial charge on any atom is 0.262 e. The number of nitrogens with zero attached hydrogens (tertiary/aromatic N) is 1. The summed E-state index contributed by atoms with van der Waals surface area (Å²) in [5, 5.41) is 2.01. The number of fused-ring (bicyclic) bond motifs is 1. The molecule has 0 radical (unpaired) electrons. The third-order valence-electron chi connectivity index (χ3n) is 3.06. The van der Waals surface area contributed by atoms with E-state index in [0.29, 0.717) is 5.69 Å². The van der Waals surface area contributed by atoms with E-state index in [-0.39, 0.29) is 10.7 Å². The summed E-state index contributed by atoms with van der Waals surface area (Å²) in [6, 6.07) is 15.9. The number of sulfonamides is 1. The summed E-state index contributed by atoms with van der Waals surface area (Å²) in [5.74, 6) is 0.163. The molecular weight excluding hydrogens is 286 g/mol. The lowest BCUT2D eigenvalue weighted by atomic mass is 10.1. The van der Waals surface area contributed by atoms with Gasteiger partial charge in [-0.25, -0.2) is 13.4 Å². The molecule has 0 aliphatic carbocycles. The molecule has 0 saturated carbocycles. The van der Waals surface area contributed by atoms with Gasteiger partial charge in [-0.15, -0.1) is 0 Å². The Morgan fingerprint density at radius 3 is 2.48 bits per heavy atom. The summed E-state index contributed by atoms with van der Waals surface area (Å²) in [4.78, 5) is 3.87. The van der Waals surface area contributed by atoms with Gasteiger partial charge in [-0.05, 0) is 29.0 Å². The highest BCUT2D eigenvalue weighted by molar-refractivity contribution is 7.92. The molecule has 0 unspecified atom stereocenters. The van der Waals surface area contributed by atoms with Crippen LogP contribution in [0.25, 0.3) is 10.8 Å². The van der Waals surface area contributed by atoms with Gasteiger partial charge in [0, 0.05) is 18.0 Å². The number of benzene rings is 2. The molecule has 5 nitrogen and oxygen atoms in total. The molecule has 0 saturated heterocycles. The first kappa shape index (κ1) is 13.4. The predicted molar refractivity (Wildman–Crippen MR) is 83.4 cm³/mol. The Morgan fingerprint density at radius 1 is 0.952 bits per heavy atom. The first-order valence-corrected chi connectivity index (χ1v) is 7.76. The van der Waals surface area contributed by atoms with Crippen molar-refractivity contribution < 1.29 is 8.42 Å². The van der Waals surface area contributed by atoms with E-state index in [1.54, 1.807) is 12.1 Å². The van der Waals surface area contributed by atoms with Crippen LogP contribution in [0.4, 0.5) is 11.5 Å². The zero-order valence-electron chi connectivity index (χ0n) is 11.0. The number of pyridine rings is 1. The van der Waals surface area contributed by atoms with E-state index in [4.69, 9.17) is 5.73 Å². The van der Waals surface area contributed by atoms with Crippen LogP contribution in [0, 0.1) is 0 Å². The van der Waals surface area contributed by atoms with Gasteiger partial charge in [-0.3, -0.25) is 4.72 Å². The SMILES string of the molecule is Nc1cc(S(=O)(=O)Nc2ccc3ccccc3c2)ccn1. The zero-order chi connectivity index (χ0) is 14.9. The van der Waals surface area contributed by atoms with Gasteiger partial charge in [0.25, 0.3) is 10.0 Å². The highest BCUT2D eigenvalue weighted by Crippen LogP contribution is 2.22. The second-order valence-electron chi connectivity index (χ2n) is 4.58. The van der Waals surface area contributed by atoms with Crippen LogP contribution in [0.3, 0.4) is 0 Å². The zero-order valence-corrected chi connectivity index (χ0v) is 11.8. The maximum atomic E-state index is 12.3. The molecule has 0 aliphatic heterocycles. The third-order valence-corrected chi connectivity index (χ3v) is 4.44. The van der Waals surface area contributed by atoms with E-state index in [9.17, 15) is 8.42 Å². The smallest absolute Gasteiger partial charge is 0.262 e. The van der Waals surface area contributed by atoms with Crippen molar-refractivity contribution in [2.75, 3.05) is 10.5 Å². The Bertz CT molecular complexity index is 907. The highest BCUT2D eigenvalue weighted by Gasteiger charge is 2.14. The largest absolute Gasteiger partial charge is 0.384 e. The van der Waals surface area contributed by atoms with Gasteiger partial charge < -0.3 is 5.73 Å². The van der Waals surface area contributed by atoms with Crippen molar-refractivity contribution in [2.45, 2.75) is 4.90 Å². The molecular formula is C15H13N3O2S. The molecule has 3 aromatic rings. The molecule has 0 fully saturated rings. The van der Waals surface area contributed by atoms with Crippen LogP contribution in [0.1, 0.15) is 0 Å². The van der Waals surface area contributed by atoms with Gasteiger partial charge >= 0.3 is 0 Å². The average molecular weight is 299 g/mol. The fourth-order valence-electron chi connectivity index (χ4n) is 2.06. The fourth-order valence-corrected chi connectivity index (χ4v) is 3.13. The van der Waals surface area contributed by atoms with Crippen molar-refractivity contribution in [2.24, 2.45) is 0 Å². The molecule has 0 aliphatic rings. The topological polar surface area (TPSA) is 85.1 Å². The van der Waals surface area contributed by atoms with E-state index in [1.807, 2.05) is 30.3 Å². The number of nitrogens with one attached hydrogen (secondary N) is 1. The number of nitrogens with two attached hydrogens (primary N) is 1. The number of nitrogen functional groups attached to an aromatic ring is 1. The van der Waals surface area contributed by atoms with Crippen LogP contribution in [0.15, 0.2) is 65.7 Å². The van der Waals surface area contributed by atoms with Crippen molar-refractivity contribution in [1.82, 2.24) is 4.98 Å². The molecule has 3 N–H and O–H groups in total. The molecule has 21 heavy (non-hydrogen) atoms. The summed E-state index contributed by atoms with van der Waals surface area (Å²) in [5.41, 5.74) is 6.02. The van der Waals surface area contributed by atoms with Crippen molar-refractivity contribution in [3.8, 4) is 0 Å². The number of rotatable bonds is 3. The van der Waals surface area contributed by atoms with Crippen LogP contribution < -0.4 is 10.5 Å². The molecule has 1 aromatic heterocycles. The van der Waals surface area contributed by atoms with Crippen LogP contribution in [0.2, 0.25) is 0 Å². The van der Waals surface area contributed by atoms with Gasteiger partial charge in [0.15, 0.2) is 0 Å². The number of hydrogen-bond donors (Lipinski definition) is 2. The molecule has 2 aromatic carbocycles. The van der Waals surface area contributed by atoms with E-state index in [2.05, 4.69) is 9.71 Å². The van der Waals surface area contributed by atoms with Crippen LogP contribution in [0.5, 0.6) is 0 Å². The summed E-state index contributed by atoms with van der Waals surface area (Å²) >= 11 is 0. The van der Waals surface area contributed by atoms with Crippen molar-refractivity contribution in [3.63, 3.8) is 0 Å². The molecule has 0 amide bonds. The van der Waals surface area contributed by atoms with Crippen molar-refractivity contribution >= 4 is 32.3 Å². The fraction of sp³-hybridized carbons (Fsp3) is 0. The third kappa shape index (κ3) is 2.80. The lowest BCUT2D eigenvalue weighted by Gasteiger charge is -2.09.